The Morgan fingerprint density at radius 3 is 2.68 bits per heavy atom. The van der Waals surface area contributed by atoms with Crippen LogP contribution in [0.5, 0.6) is 5.75 Å². The summed E-state index contributed by atoms with van der Waals surface area (Å²) in [5.41, 5.74) is 0.896. The molecule has 0 bridgehead atoms. The Balaban J connectivity index is 1.76. The average molecular weight is 267 g/mol. The molecule has 2 rings (SSSR count). The van der Waals surface area contributed by atoms with Gasteiger partial charge in [-0.05, 0) is 19.2 Å². The van der Waals surface area contributed by atoms with Gasteiger partial charge in [-0.3, -0.25) is 4.90 Å². The van der Waals surface area contributed by atoms with Crippen molar-refractivity contribution in [1.29, 1.82) is 0 Å². The first-order chi connectivity index (χ1) is 9.19. The third-order valence-corrected chi connectivity index (χ3v) is 3.50. The van der Waals surface area contributed by atoms with Crippen LogP contribution in [0, 0.1) is 5.82 Å². The summed E-state index contributed by atoms with van der Waals surface area (Å²) < 4.78 is 18.2. The van der Waals surface area contributed by atoms with Crippen molar-refractivity contribution in [3.63, 3.8) is 0 Å². The molecule has 1 saturated heterocycles. The van der Waals surface area contributed by atoms with Gasteiger partial charge >= 0.3 is 0 Å². The Morgan fingerprint density at radius 1 is 1.26 bits per heavy atom. The van der Waals surface area contributed by atoms with Crippen LogP contribution in [-0.2, 0) is 0 Å². The molecule has 0 amide bonds. The zero-order valence-corrected chi connectivity index (χ0v) is 11.7. The molecule has 0 aromatic heterocycles. The topological polar surface area (TPSA) is 27.7 Å². The van der Waals surface area contributed by atoms with E-state index in [9.17, 15) is 4.39 Å². The van der Waals surface area contributed by atoms with Gasteiger partial charge < -0.3 is 15.0 Å². The lowest BCUT2D eigenvalue weighted by Gasteiger charge is -2.32. The van der Waals surface area contributed by atoms with Crippen molar-refractivity contribution in [1.82, 2.24) is 9.80 Å². The molecule has 1 heterocycles. The summed E-state index contributed by atoms with van der Waals surface area (Å²) in [6.45, 7) is 6.36. The molecule has 5 heteroatoms. The number of benzene rings is 1. The number of methoxy groups -OCH3 is 1. The molecule has 19 heavy (non-hydrogen) atoms. The van der Waals surface area contributed by atoms with Crippen LogP contribution in [0.4, 0.5) is 10.1 Å². The van der Waals surface area contributed by atoms with Crippen molar-refractivity contribution in [2.75, 3.05) is 58.7 Å². The summed E-state index contributed by atoms with van der Waals surface area (Å²) in [5.74, 6) is -0.0447. The molecule has 1 aromatic carbocycles. The number of nitrogens with zero attached hydrogens (tertiary/aromatic N) is 2. The van der Waals surface area contributed by atoms with Gasteiger partial charge in [0.25, 0.3) is 0 Å². The molecule has 0 unspecified atom stereocenters. The average Bonchev–Trinajstić information content (AvgIpc) is 2.43. The largest absolute Gasteiger partial charge is 0.494 e. The summed E-state index contributed by atoms with van der Waals surface area (Å²) in [4.78, 5) is 4.78. The van der Waals surface area contributed by atoms with Gasteiger partial charge in [0.05, 0.1) is 7.11 Å². The molecular formula is C14H22FN3O. The van der Waals surface area contributed by atoms with Gasteiger partial charge in [0.2, 0.25) is 0 Å². The first-order valence-corrected chi connectivity index (χ1v) is 6.67. The van der Waals surface area contributed by atoms with E-state index in [-0.39, 0.29) is 11.6 Å². The minimum absolute atomic E-state index is 0.282. The van der Waals surface area contributed by atoms with E-state index in [1.807, 2.05) is 0 Å². The lowest BCUT2D eigenvalue weighted by Crippen LogP contribution is -2.45. The highest BCUT2D eigenvalue weighted by Gasteiger charge is 2.12. The molecule has 1 aliphatic heterocycles. The van der Waals surface area contributed by atoms with Crippen LogP contribution in [0.15, 0.2) is 18.2 Å². The standard InChI is InChI=1S/C14H22FN3O/c1-17-7-9-18(10-8-17)6-5-16-12-3-4-13(15)14(11-12)19-2/h3-4,11,16H,5-10H2,1-2H3. The number of anilines is 1. The van der Waals surface area contributed by atoms with Crippen molar-refractivity contribution in [2.45, 2.75) is 0 Å². The van der Waals surface area contributed by atoms with Gasteiger partial charge in [-0.15, -0.1) is 0 Å². The lowest BCUT2D eigenvalue weighted by molar-refractivity contribution is 0.158. The molecule has 0 radical (unpaired) electrons. The number of nitrogens with one attached hydrogen (secondary N) is 1. The second kappa shape index (κ2) is 6.73. The lowest BCUT2D eigenvalue weighted by atomic mass is 10.3. The van der Waals surface area contributed by atoms with Crippen LogP contribution in [0.1, 0.15) is 0 Å². The molecule has 1 fully saturated rings. The highest BCUT2D eigenvalue weighted by Crippen LogP contribution is 2.21. The first kappa shape index (κ1) is 14.1. The van der Waals surface area contributed by atoms with Crippen LogP contribution in [0.3, 0.4) is 0 Å². The molecule has 4 nitrogen and oxygen atoms in total. The number of halogens is 1. The maximum absolute atomic E-state index is 13.3. The van der Waals surface area contributed by atoms with Crippen LogP contribution < -0.4 is 10.1 Å². The van der Waals surface area contributed by atoms with E-state index in [0.717, 1.165) is 45.0 Å². The van der Waals surface area contributed by atoms with Crippen molar-refractivity contribution in [3.8, 4) is 5.75 Å². The Bertz CT molecular complexity index is 406. The SMILES string of the molecule is COc1cc(NCCN2CCN(C)CC2)ccc1F. The summed E-state index contributed by atoms with van der Waals surface area (Å²) in [6, 6.07) is 4.86. The fourth-order valence-corrected chi connectivity index (χ4v) is 2.20. The number of hydrogen-bond acceptors (Lipinski definition) is 4. The molecule has 0 atom stereocenters. The normalized spacial score (nSPS) is 17.4. The third-order valence-electron chi connectivity index (χ3n) is 3.50. The Hall–Kier alpha value is -1.33. The fourth-order valence-electron chi connectivity index (χ4n) is 2.20. The Morgan fingerprint density at radius 2 is 2.00 bits per heavy atom. The van der Waals surface area contributed by atoms with E-state index in [1.165, 1.54) is 13.2 Å². The molecule has 1 aromatic rings. The predicted molar refractivity (Wildman–Crippen MR) is 75.4 cm³/mol. The Kier molecular flexibility index (Phi) is 4.99. The van der Waals surface area contributed by atoms with Gasteiger partial charge in [0.1, 0.15) is 0 Å². The second-order valence-corrected chi connectivity index (χ2v) is 4.92. The van der Waals surface area contributed by atoms with Crippen molar-refractivity contribution in [2.24, 2.45) is 0 Å². The van der Waals surface area contributed by atoms with Crippen molar-refractivity contribution in [3.05, 3.63) is 24.0 Å². The van der Waals surface area contributed by atoms with Crippen LogP contribution in [-0.4, -0.2) is 63.2 Å². The van der Waals surface area contributed by atoms with Gasteiger partial charge in [0.15, 0.2) is 11.6 Å². The van der Waals surface area contributed by atoms with E-state index in [1.54, 1.807) is 12.1 Å². The van der Waals surface area contributed by atoms with Crippen molar-refractivity contribution >= 4 is 5.69 Å². The monoisotopic (exact) mass is 267 g/mol. The molecular weight excluding hydrogens is 245 g/mol. The van der Waals surface area contributed by atoms with E-state index >= 15 is 0 Å². The quantitative estimate of drug-likeness (QED) is 0.875. The number of rotatable bonds is 5. The van der Waals surface area contributed by atoms with E-state index < -0.39 is 0 Å². The van der Waals surface area contributed by atoms with Crippen LogP contribution in [0.25, 0.3) is 0 Å². The van der Waals surface area contributed by atoms with E-state index in [4.69, 9.17) is 4.74 Å². The molecule has 0 aliphatic carbocycles. The molecule has 0 saturated carbocycles. The number of likely N-dealkylation sites (N-methyl/N-ethyl adjacent to an activating group) is 1. The van der Waals surface area contributed by atoms with E-state index in [0.29, 0.717) is 0 Å². The smallest absolute Gasteiger partial charge is 0.165 e. The summed E-state index contributed by atoms with van der Waals surface area (Å²) >= 11 is 0. The molecule has 1 aliphatic rings. The third kappa shape index (κ3) is 4.08. The molecule has 0 spiro atoms. The number of piperazine rings is 1. The number of ether oxygens (including phenoxy) is 1. The minimum atomic E-state index is -0.327. The maximum atomic E-state index is 13.3. The summed E-state index contributed by atoms with van der Waals surface area (Å²) in [6.07, 6.45) is 0. The van der Waals surface area contributed by atoms with Gasteiger partial charge in [0, 0.05) is 51.0 Å². The Labute approximate surface area is 114 Å². The van der Waals surface area contributed by atoms with E-state index in [2.05, 4.69) is 22.2 Å². The van der Waals surface area contributed by atoms with Crippen LogP contribution >= 0.6 is 0 Å². The predicted octanol–water partition coefficient (Wildman–Crippen LogP) is 1.49. The van der Waals surface area contributed by atoms with Gasteiger partial charge in [-0.25, -0.2) is 4.39 Å². The van der Waals surface area contributed by atoms with Gasteiger partial charge in [-0.1, -0.05) is 0 Å². The zero-order chi connectivity index (χ0) is 13.7. The summed E-state index contributed by atoms with van der Waals surface area (Å²) in [7, 11) is 3.63. The first-order valence-electron chi connectivity index (χ1n) is 6.67. The second-order valence-electron chi connectivity index (χ2n) is 4.92. The highest BCUT2D eigenvalue weighted by atomic mass is 19.1. The number of hydrogen-bond donors (Lipinski definition) is 1. The molecule has 106 valence electrons. The highest BCUT2D eigenvalue weighted by molar-refractivity contribution is 5.48. The fraction of sp³-hybridized carbons (Fsp3) is 0.571. The van der Waals surface area contributed by atoms with Gasteiger partial charge in [-0.2, -0.15) is 0 Å². The maximum Gasteiger partial charge on any atom is 0.165 e. The summed E-state index contributed by atoms with van der Waals surface area (Å²) in [5, 5.41) is 3.30. The zero-order valence-electron chi connectivity index (χ0n) is 11.7. The van der Waals surface area contributed by atoms with Crippen LogP contribution in [0.2, 0.25) is 0 Å². The minimum Gasteiger partial charge on any atom is -0.494 e. The molecule has 1 N–H and O–H groups in total. The van der Waals surface area contributed by atoms with Crippen molar-refractivity contribution < 1.29 is 9.13 Å².